The summed E-state index contributed by atoms with van der Waals surface area (Å²) in [5.74, 6) is 0.796. The van der Waals surface area contributed by atoms with Crippen molar-refractivity contribution in [3.63, 3.8) is 0 Å². The summed E-state index contributed by atoms with van der Waals surface area (Å²) in [6.45, 7) is 8.45. The molecule has 0 atom stereocenters. The van der Waals surface area contributed by atoms with Gasteiger partial charge < -0.3 is 4.74 Å². The Morgan fingerprint density at radius 2 is 1.78 bits per heavy atom. The lowest BCUT2D eigenvalue weighted by Crippen LogP contribution is -2.27. The molecule has 2 rings (SSSR count). The van der Waals surface area contributed by atoms with Crippen LogP contribution in [0.1, 0.15) is 39.2 Å². The number of hydrogen-bond donors (Lipinski definition) is 1. The molecule has 4 nitrogen and oxygen atoms in total. The van der Waals surface area contributed by atoms with Crippen LogP contribution in [-0.2, 0) is 20.2 Å². The van der Waals surface area contributed by atoms with E-state index in [1.807, 2.05) is 23.9 Å². The molecule has 23 heavy (non-hydrogen) atoms. The third kappa shape index (κ3) is 5.78. The quantitative estimate of drug-likeness (QED) is 0.795. The largest absolute Gasteiger partial charge is 0.381 e. The first kappa shape index (κ1) is 18.8. The van der Waals surface area contributed by atoms with Crippen molar-refractivity contribution in [1.82, 2.24) is 4.72 Å². The third-order valence-corrected chi connectivity index (χ3v) is 6.81. The SMILES string of the molecule is CC(C)(C)c1ccc(S(=O)(=O)NCCSC2CCOCC2)cc1. The second-order valence-corrected chi connectivity index (χ2v) is 10.0. The van der Waals surface area contributed by atoms with Crippen LogP contribution < -0.4 is 4.72 Å². The number of sulfonamides is 1. The summed E-state index contributed by atoms with van der Waals surface area (Å²) in [6.07, 6.45) is 2.12. The Morgan fingerprint density at radius 1 is 1.17 bits per heavy atom. The van der Waals surface area contributed by atoms with Crippen LogP contribution in [0.2, 0.25) is 0 Å². The molecule has 0 amide bonds. The van der Waals surface area contributed by atoms with E-state index in [0.717, 1.165) is 37.4 Å². The summed E-state index contributed by atoms with van der Waals surface area (Å²) in [5.41, 5.74) is 1.15. The Balaban J connectivity index is 1.83. The number of thioether (sulfide) groups is 1. The number of benzene rings is 1. The Bertz CT molecular complexity index is 585. The molecule has 1 aliphatic rings. The predicted octanol–water partition coefficient (Wildman–Crippen LogP) is 3.17. The first-order valence-electron chi connectivity index (χ1n) is 8.08. The van der Waals surface area contributed by atoms with Crippen molar-refractivity contribution < 1.29 is 13.2 Å². The fraction of sp³-hybridized carbons (Fsp3) is 0.647. The lowest BCUT2D eigenvalue weighted by molar-refractivity contribution is 0.100. The van der Waals surface area contributed by atoms with Gasteiger partial charge in [0.05, 0.1) is 4.90 Å². The van der Waals surface area contributed by atoms with Crippen molar-refractivity contribution in [2.24, 2.45) is 0 Å². The van der Waals surface area contributed by atoms with E-state index in [0.29, 0.717) is 16.7 Å². The van der Waals surface area contributed by atoms with Crippen LogP contribution in [0.3, 0.4) is 0 Å². The van der Waals surface area contributed by atoms with E-state index in [9.17, 15) is 8.42 Å². The number of hydrogen-bond acceptors (Lipinski definition) is 4. The highest BCUT2D eigenvalue weighted by Crippen LogP contribution is 2.24. The van der Waals surface area contributed by atoms with Crippen molar-refractivity contribution in [2.75, 3.05) is 25.5 Å². The molecule has 0 aromatic heterocycles. The van der Waals surface area contributed by atoms with Crippen LogP contribution in [-0.4, -0.2) is 39.2 Å². The second-order valence-electron chi connectivity index (χ2n) is 6.85. The molecular weight excluding hydrogens is 330 g/mol. The number of rotatable bonds is 6. The van der Waals surface area contributed by atoms with Gasteiger partial charge in [0, 0.05) is 30.8 Å². The first-order valence-corrected chi connectivity index (χ1v) is 10.6. The molecule has 1 fully saturated rings. The van der Waals surface area contributed by atoms with Crippen LogP contribution in [0.25, 0.3) is 0 Å². The van der Waals surface area contributed by atoms with Gasteiger partial charge in [0.15, 0.2) is 0 Å². The van der Waals surface area contributed by atoms with Gasteiger partial charge in [0.2, 0.25) is 10.0 Å². The van der Waals surface area contributed by atoms with E-state index in [-0.39, 0.29) is 5.41 Å². The fourth-order valence-electron chi connectivity index (χ4n) is 2.46. The molecule has 6 heteroatoms. The minimum Gasteiger partial charge on any atom is -0.381 e. The van der Waals surface area contributed by atoms with E-state index in [1.165, 1.54) is 0 Å². The minimum absolute atomic E-state index is 0.0239. The smallest absolute Gasteiger partial charge is 0.240 e. The highest BCUT2D eigenvalue weighted by atomic mass is 32.2. The van der Waals surface area contributed by atoms with Gasteiger partial charge in [-0.1, -0.05) is 32.9 Å². The molecule has 1 aromatic rings. The van der Waals surface area contributed by atoms with Crippen molar-refractivity contribution >= 4 is 21.8 Å². The Labute approximate surface area is 144 Å². The second kappa shape index (κ2) is 8.01. The molecule has 0 bridgehead atoms. The lowest BCUT2D eigenvalue weighted by atomic mass is 9.87. The molecule has 0 radical (unpaired) electrons. The summed E-state index contributed by atoms with van der Waals surface area (Å²) >= 11 is 1.83. The van der Waals surface area contributed by atoms with Crippen LogP contribution in [0, 0.1) is 0 Å². The monoisotopic (exact) mass is 357 g/mol. The maximum absolute atomic E-state index is 12.3. The average Bonchev–Trinajstić information content (AvgIpc) is 2.52. The van der Waals surface area contributed by atoms with E-state index in [4.69, 9.17) is 4.74 Å². The van der Waals surface area contributed by atoms with E-state index >= 15 is 0 Å². The molecule has 1 aliphatic heterocycles. The predicted molar refractivity (Wildman–Crippen MR) is 96.6 cm³/mol. The Hall–Kier alpha value is -0.560. The van der Waals surface area contributed by atoms with E-state index in [1.54, 1.807) is 12.1 Å². The van der Waals surface area contributed by atoms with Gasteiger partial charge in [-0.25, -0.2) is 13.1 Å². The van der Waals surface area contributed by atoms with Crippen LogP contribution >= 0.6 is 11.8 Å². The molecule has 0 aliphatic carbocycles. The zero-order chi connectivity index (χ0) is 16.9. The highest BCUT2D eigenvalue weighted by Gasteiger charge is 2.18. The van der Waals surface area contributed by atoms with Crippen molar-refractivity contribution in [3.05, 3.63) is 29.8 Å². The Kier molecular flexibility index (Phi) is 6.54. The summed E-state index contributed by atoms with van der Waals surface area (Å²) in [6, 6.07) is 7.17. The van der Waals surface area contributed by atoms with Gasteiger partial charge in [-0.05, 0) is 36.0 Å². The van der Waals surface area contributed by atoms with Gasteiger partial charge in [0.1, 0.15) is 0 Å². The van der Waals surface area contributed by atoms with Crippen LogP contribution in [0.5, 0.6) is 0 Å². The standard InChI is InChI=1S/C17H27NO3S2/c1-17(2,3)14-4-6-16(7-5-14)23(19,20)18-10-13-22-15-8-11-21-12-9-15/h4-7,15,18H,8-13H2,1-3H3. The summed E-state index contributed by atoms with van der Waals surface area (Å²) < 4.78 is 32.6. The van der Waals surface area contributed by atoms with Gasteiger partial charge in [0.25, 0.3) is 0 Å². The van der Waals surface area contributed by atoms with Crippen LogP contribution in [0.4, 0.5) is 0 Å². The molecule has 1 heterocycles. The molecule has 1 aromatic carbocycles. The fourth-order valence-corrected chi connectivity index (χ4v) is 4.70. The van der Waals surface area contributed by atoms with Gasteiger partial charge in [-0.3, -0.25) is 0 Å². The van der Waals surface area contributed by atoms with Gasteiger partial charge in [-0.15, -0.1) is 0 Å². The molecular formula is C17H27NO3S2. The molecule has 1 N–H and O–H groups in total. The van der Waals surface area contributed by atoms with E-state index in [2.05, 4.69) is 25.5 Å². The molecule has 130 valence electrons. The number of ether oxygens (including phenoxy) is 1. The average molecular weight is 358 g/mol. The number of nitrogens with one attached hydrogen (secondary N) is 1. The summed E-state index contributed by atoms with van der Waals surface area (Å²) in [5, 5.41) is 0.597. The highest BCUT2D eigenvalue weighted by molar-refractivity contribution is 8.00. The summed E-state index contributed by atoms with van der Waals surface area (Å²) in [7, 11) is -3.41. The van der Waals surface area contributed by atoms with E-state index < -0.39 is 10.0 Å². The topological polar surface area (TPSA) is 55.4 Å². The van der Waals surface area contributed by atoms with Crippen molar-refractivity contribution in [3.8, 4) is 0 Å². The molecule has 0 saturated carbocycles. The zero-order valence-corrected chi connectivity index (χ0v) is 15.8. The summed E-state index contributed by atoms with van der Waals surface area (Å²) in [4.78, 5) is 0.335. The van der Waals surface area contributed by atoms with Crippen molar-refractivity contribution in [2.45, 2.75) is 49.2 Å². The maximum atomic E-state index is 12.3. The first-order chi connectivity index (χ1) is 10.8. The van der Waals surface area contributed by atoms with Crippen LogP contribution in [0.15, 0.2) is 29.2 Å². The zero-order valence-electron chi connectivity index (χ0n) is 14.2. The molecule has 0 spiro atoms. The Morgan fingerprint density at radius 3 is 2.35 bits per heavy atom. The molecule has 1 saturated heterocycles. The normalized spacial score (nSPS) is 17.3. The molecule has 0 unspecified atom stereocenters. The lowest BCUT2D eigenvalue weighted by Gasteiger charge is -2.21. The maximum Gasteiger partial charge on any atom is 0.240 e. The third-order valence-electron chi connectivity index (χ3n) is 3.95. The van der Waals surface area contributed by atoms with Gasteiger partial charge in [-0.2, -0.15) is 11.8 Å². The van der Waals surface area contributed by atoms with Gasteiger partial charge >= 0.3 is 0 Å². The minimum atomic E-state index is -3.41. The van der Waals surface area contributed by atoms with Crippen molar-refractivity contribution in [1.29, 1.82) is 0 Å².